The zero-order chi connectivity index (χ0) is 13.1. The van der Waals surface area contributed by atoms with Crippen molar-refractivity contribution in [2.45, 2.75) is 19.4 Å². The van der Waals surface area contributed by atoms with E-state index in [4.69, 9.17) is 9.84 Å². The van der Waals surface area contributed by atoms with Crippen molar-refractivity contribution in [3.8, 4) is 0 Å². The van der Waals surface area contributed by atoms with Gasteiger partial charge in [0.15, 0.2) is 5.69 Å². The van der Waals surface area contributed by atoms with Gasteiger partial charge in [0.1, 0.15) is 0 Å². The van der Waals surface area contributed by atoms with Crippen LogP contribution in [0.25, 0.3) is 0 Å². The maximum atomic E-state index is 10.9. The number of anilines is 1. The molecule has 1 N–H and O–H groups in total. The molecule has 1 fully saturated rings. The first-order valence-electron chi connectivity index (χ1n) is 5.96. The highest BCUT2D eigenvalue weighted by atomic mass is 16.5. The number of hydrogen-bond acceptors (Lipinski definition) is 5. The third-order valence-electron chi connectivity index (χ3n) is 3.34. The SMILES string of the molecule is COC1CN(c2nccc(C(=O)O)n2)CCC1C. The number of carbonyl (C=O) groups is 1. The van der Waals surface area contributed by atoms with Crippen LogP contribution in [0.2, 0.25) is 0 Å². The molecule has 2 atom stereocenters. The van der Waals surface area contributed by atoms with E-state index < -0.39 is 5.97 Å². The molecule has 1 aromatic rings. The molecule has 2 unspecified atom stereocenters. The second kappa shape index (κ2) is 5.30. The van der Waals surface area contributed by atoms with Crippen molar-refractivity contribution in [2.24, 2.45) is 5.92 Å². The van der Waals surface area contributed by atoms with E-state index in [2.05, 4.69) is 16.9 Å². The molecule has 0 bridgehead atoms. The zero-order valence-corrected chi connectivity index (χ0v) is 10.5. The molecule has 6 nitrogen and oxygen atoms in total. The minimum absolute atomic E-state index is 0.0209. The second-order valence-electron chi connectivity index (χ2n) is 4.53. The molecule has 1 aliphatic heterocycles. The standard InChI is InChI=1S/C12H17N3O3/c1-8-4-6-15(7-10(8)18-2)12-13-5-3-9(14-12)11(16)17/h3,5,8,10H,4,6-7H2,1-2H3,(H,16,17). The molecule has 1 saturated heterocycles. The van der Waals surface area contributed by atoms with Crippen molar-refractivity contribution in [3.05, 3.63) is 18.0 Å². The number of carboxylic acid groups (broad SMARTS) is 1. The molecule has 6 heteroatoms. The average Bonchev–Trinajstić information content (AvgIpc) is 2.39. The summed E-state index contributed by atoms with van der Waals surface area (Å²) in [5.74, 6) is -0.0786. The lowest BCUT2D eigenvalue weighted by Crippen LogP contribution is -2.44. The molecule has 0 aliphatic carbocycles. The van der Waals surface area contributed by atoms with E-state index in [0.29, 0.717) is 18.4 Å². The summed E-state index contributed by atoms with van der Waals surface area (Å²) in [5, 5.41) is 8.91. The Balaban J connectivity index is 2.16. The van der Waals surface area contributed by atoms with E-state index in [0.717, 1.165) is 13.0 Å². The van der Waals surface area contributed by atoms with E-state index in [1.165, 1.54) is 12.3 Å². The first-order chi connectivity index (χ1) is 8.61. The molecule has 0 spiro atoms. The van der Waals surface area contributed by atoms with E-state index in [9.17, 15) is 4.79 Å². The van der Waals surface area contributed by atoms with Crippen LogP contribution < -0.4 is 4.90 Å². The van der Waals surface area contributed by atoms with Gasteiger partial charge >= 0.3 is 5.97 Å². The maximum absolute atomic E-state index is 10.9. The topological polar surface area (TPSA) is 75.5 Å². The van der Waals surface area contributed by atoms with Crippen LogP contribution in [0, 0.1) is 5.92 Å². The van der Waals surface area contributed by atoms with Gasteiger partial charge in [0, 0.05) is 26.4 Å². The molecule has 0 saturated carbocycles. The molecule has 1 aliphatic rings. The molecule has 0 aromatic carbocycles. The van der Waals surface area contributed by atoms with Crippen LogP contribution in [0.1, 0.15) is 23.8 Å². The smallest absolute Gasteiger partial charge is 0.354 e. The molecular weight excluding hydrogens is 234 g/mol. The number of hydrogen-bond donors (Lipinski definition) is 1. The lowest BCUT2D eigenvalue weighted by molar-refractivity contribution is 0.0494. The lowest BCUT2D eigenvalue weighted by atomic mass is 9.96. The molecule has 0 amide bonds. The normalized spacial score (nSPS) is 24.0. The fraction of sp³-hybridized carbons (Fsp3) is 0.583. The summed E-state index contributed by atoms with van der Waals surface area (Å²) in [4.78, 5) is 21.0. The molecule has 98 valence electrons. The average molecular weight is 251 g/mol. The summed E-state index contributed by atoms with van der Waals surface area (Å²) in [7, 11) is 1.69. The van der Waals surface area contributed by atoms with E-state index in [1.54, 1.807) is 7.11 Å². The van der Waals surface area contributed by atoms with Gasteiger partial charge in [0.25, 0.3) is 0 Å². The number of rotatable bonds is 3. The van der Waals surface area contributed by atoms with E-state index in [-0.39, 0.29) is 11.8 Å². The largest absolute Gasteiger partial charge is 0.477 e. The van der Waals surface area contributed by atoms with Crippen LogP contribution in [0.5, 0.6) is 0 Å². The van der Waals surface area contributed by atoms with Crippen LogP contribution in [0.3, 0.4) is 0 Å². The number of methoxy groups -OCH3 is 1. The van der Waals surface area contributed by atoms with Gasteiger partial charge in [-0.2, -0.15) is 0 Å². The summed E-state index contributed by atoms with van der Waals surface area (Å²) >= 11 is 0. The van der Waals surface area contributed by atoms with Crippen LogP contribution in [0.15, 0.2) is 12.3 Å². The quantitative estimate of drug-likeness (QED) is 0.865. The van der Waals surface area contributed by atoms with Gasteiger partial charge in [-0.15, -0.1) is 0 Å². The summed E-state index contributed by atoms with van der Waals surface area (Å²) in [5.41, 5.74) is 0.0209. The van der Waals surface area contributed by atoms with Gasteiger partial charge in [-0.1, -0.05) is 6.92 Å². The van der Waals surface area contributed by atoms with Crippen LogP contribution in [0.4, 0.5) is 5.95 Å². The lowest BCUT2D eigenvalue weighted by Gasteiger charge is -2.36. The Labute approximate surface area is 106 Å². The fourth-order valence-electron chi connectivity index (χ4n) is 2.14. The number of nitrogens with zero attached hydrogens (tertiary/aromatic N) is 3. The van der Waals surface area contributed by atoms with Crippen molar-refractivity contribution < 1.29 is 14.6 Å². The van der Waals surface area contributed by atoms with Crippen molar-refractivity contribution in [1.82, 2.24) is 9.97 Å². The number of ether oxygens (including phenoxy) is 1. The van der Waals surface area contributed by atoms with Crippen LogP contribution in [-0.4, -0.2) is 47.3 Å². The number of carboxylic acids is 1. The monoisotopic (exact) mass is 251 g/mol. The summed E-state index contributed by atoms with van der Waals surface area (Å²) in [6.45, 7) is 3.67. The highest BCUT2D eigenvalue weighted by Crippen LogP contribution is 2.22. The van der Waals surface area contributed by atoms with Crippen LogP contribution in [-0.2, 0) is 4.74 Å². The predicted molar refractivity (Wildman–Crippen MR) is 65.8 cm³/mol. The Morgan fingerprint density at radius 3 is 3.06 bits per heavy atom. The predicted octanol–water partition coefficient (Wildman–Crippen LogP) is 1.04. The van der Waals surface area contributed by atoms with E-state index in [1.807, 2.05) is 4.90 Å². The molecule has 2 rings (SSSR count). The minimum Gasteiger partial charge on any atom is -0.477 e. The molecule has 1 aromatic heterocycles. The van der Waals surface area contributed by atoms with Gasteiger partial charge in [0.05, 0.1) is 6.10 Å². The van der Waals surface area contributed by atoms with Gasteiger partial charge < -0.3 is 14.7 Å². The highest BCUT2D eigenvalue weighted by Gasteiger charge is 2.27. The maximum Gasteiger partial charge on any atom is 0.354 e. The van der Waals surface area contributed by atoms with Gasteiger partial charge in [-0.3, -0.25) is 0 Å². The number of aromatic nitrogens is 2. The molecular formula is C12H17N3O3. The summed E-state index contributed by atoms with van der Waals surface area (Å²) in [6.07, 6.45) is 2.60. The van der Waals surface area contributed by atoms with Crippen molar-refractivity contribution in [3.63, 3.8) is 0 Å². The number of piperidine rings is 1. The summed E-state index contributed by atoms with van der Waals surface area (Å²) < 4.78 is 5.42. The first-order valence-corrected chi connectivity index (χ1v) is 5.96. The van der Waals surface area contributed by atoms with E-state index >= 15 is 0 Å². The van der Waals surface area contributed by atoms with Crippen molar-refractivity contribution in [1.29, 1.82) is 0 Å². The van der Waals surface area contributed by atoms with Gasteiger partial charge in [0.2, 0.25) is 5.95 Å². The zero-order valence-electron chi connectivity index (χ0n) is 10.5. The van der Waals surface area contributed by atoms with Gasteiger partial charge in [-0.05, 0) is 18.4 Å². The molecule has 18 heavy (non-hydrogen) atoms. The Hall–Kier alpha value is -1.69. The second-order valence-corrected chi connectivity index (χ2v) is 4.53. The Bertz CT molecular complexity index is 438. The third-order valence-corrected chi connectivity index (χ3v) is 3.34. The number of aromatic carboxylic acids is 1. The van der Waals surface area contributed by atoms with Crippen LogP contribution >= 0.6 is 0 Å². The molecule has 2 heterocycles. The Morgan fingerprint density at radius 1 is 1.61 bits per heavy atom. The first kappa shape index (κ1) is 12.8. The Kier molecular flexibility index (Phi) is 3.76. The third kappa shape index (κ3) is 2.59. The summed E-state index contributed by atoms with van der Waals surface area (Å²) in [6, 6.07) is 1.40. The van der Waals surface area contributed by atoms with Crippen molar-refractivity contribution in [2.75, 3.05) is 25.1 Å². The van der Waals surface area contributed by atoms with Crippen molar-refractivity contribution >= 4 is 11.9 Å². The molecule has 0 radical (unpaired) electrons. The fourth-order valence-corrected chi connectivity index (χ4v) is 2.14. The highest BCUT2D eigenvalue weighted by molar-refractivity contribution is 5.85. The minimum atomic E-state index is -1.03. The van der Waals surface area contributed by atoms with Gasteiger partial charge in [-0.25, -0.2) is 14.8 Å². The Morgan fingerprint density at radius 2 is 2.39 bits per heavy atom.